The van der Waals surface area contributed by atoms with Crippen molar-refractivity contribution in [1.29, 1.82) is 0 Å². The average molecular weight is 336 g/mol. The van der Waals surface area contributed by atoms with Crippen molar-refractivity contribution in [1.82, 2.24) is 4.90 Å². The summed E-state index contributed by atoms with van der Waals surface area (Å²) in [5.41, 5.74) is 5.94. The number of piperidine rings is 1. The second-order valence-electron chi connectivity index (χ2n) is 5.69. The lowest BCUT2D eigenvalue weighted by Crippen LogP contribution is -2.41. The molecule has 5 nitrogen and oxygen atoms in total. The van der Waals surface area contributed by atoms with Crippen molar-refractivity contribution in [2.75, 3.05) is 13.1 Å². The summed E-state index contributed by atoms with van der Waals surface area (Å²) in [5.74, 6) is -0.893. The molecule has 1 saturated heterocycles. The van der Waals surface area contributed by atoms with Crippen molar-refractivity contribution in [3.05, 3.63) is 53.5 Å². The Hall–Kier alpha value is -2.41. The molecule has 24 heavy (non-hydrogen) atoms. The lowest BCUT2D eigenvalue weighted by atomic mass is 10.1. The Morgan fingerprint density at radius 2 is 2.04 bits per heavy atom. The number of halogens is 2. The zero-order chi connectivity index (χ0) is 17.1. The third kappa shape index (κ3) is 3.56. The summed E-state index contributed by atoms with van der Waals surface area (Å²) in [6.45, 7) is 1.23. The van der Waals surface area contributed by atoms with Crippen LogP contribution in [-0.4, -0.2) is 30.0 Å². The second-order valence-corrected chi connectivity index (χ2v) is 5.69. The highest BCUT2D eigenvalue weighted by molar-refractivity contribution is 5.94. The summed E-state index contributed by atoms with van der Waals surface area (Å²) < 4.78 is 37.3. The first-order valence-corrected chi connectivity index (χ1v) is 7.75. The van der Waals surface area contributed by atoms with Crippen LogP contribution in [0.25, 0.3) is 0 Å². The molecule has 1 aromatic heterocycles. The minimum atomic E-state index is -0.721. The highest BCUT2D eigenvalue weighted by Gasteiger charge is 2.26. The topological polar surface area (TPSA) is 68.7 Å². The second kappa shape index (κ2) is 7.00. The van der Waals surface area contributed by atoms with E-state index in [-0.39, 0.29) is 24.3 Å². The van der Waals surface area contributed by atoms with Gasteiger partial charge < -0.3 is 19.8 Å². The molecule has 1 aromatic carbocycles. The minimum absolute atomic E-state index is 0.0311. The number of hydrogen-bond acceptors (Lipinski definition) is 4. The molecule has 1 amide bonds. The van der Waals surface area contributed by atoms with Crippen LogP contribution in [0, 0.1) is 11.6 Å². The van der Waals surface area contributed by atoms with E-state index in [4.69, 9.17) is 14.9 Å². The lowest BCUT2D eigenvalue weighted by Gasteiger charge is -2.32. The van der Waals surface area contributed by atoms with Crippen molar-refractivity contribution in [2.45, 2.75) is 25.5 Å². The van der Waals surface area contributed by atoms with Gasteiger partial charge in [0, 0.05) is 32.0 Å². The van der Waals surface area contributed by atoms with Gasteiger partial charge in [-0.1, -0.05) is 0 Å². The molecule has 3 rings (SSSR count). The standard InChI is InChI=1S/C17H18F2N2O3/c18-12-1-2-16(15(19)8-12)24-13-3-5-21(6-4-13)17(22)11-7-14(9-20)23-10-11/h1-2,7-8,10,13H,3-6,9,20H2. The zero-order valence-electron chi connectivity index (χ0n) is 13.0. The van der Waals surface area contributed by atoms with Gasteiger partial charge in [0.2, 0.25) is 0 Å². The summed E-state index contributed by atoms with van der Waals surface area (Å²) in [5, 5.41) is 0. The maximum Gasteiger partial charge on any atom is 0.257 e. The molecule has 0 atom stereocenters. The Morgan fingerprint density at radius 3 is 2.67 bits per heavy atom. The molecule has 0 bridgehead atoms. The molecule has 0 aliphatic carbocycles. The first kappa shape index (κ1) is 16.4. The summed E-state index contributed by atoms with van der Waals surface area (Å²) in [7, 11) is 0. The SMILES string of the molecule is NCc1cc(C(=O)N2CCC(Oc3ccc(F)cc3F)CC2)co1. The highest BCUT2D eigenvalue weighted by atomic mass is 19.1. The number of nitrogens with zero attached hydrogens (tertiary/aromatic N) is 1. The number of amides is 1. The third-order valence-electron chi connectivity index (χ3n) is 4.02. The van der Waals surface area contributed by atoms with E-state index < -0.39 is 11.6 Å². The van der Waals surface area contributed by atoms with Crippen molar-refractivity contribution in [3.63, 3.8) is 0 Å². The van der Waals surface area contributed by atoms with Gasteiger partial charge in [-0.05, 0) is 18.2 Å². The van der Waals surface area contributed by atoms with Gasteiger partial charge in [-0.15, -0.1) is 0 Å². The molecule has 1 fully saturated rings. The number of nitrogens with two attached hydrogens (primary N) is 1. The number of ether oxygens (including phenoxy) is 1. The van der Waals surface area contributed by atoms with Crippen LogP contribution in [0.1, 0.15) is 29.0 Å². The molecule has 1 aliphatic heterocycles. The number of benzene rings is 1. The van der Waals surface area contributed by atoms with Gasteiger partial charge in [0.1, 0.15) is 23.9 Å². The first-order chi connectivity index (χ1) is 11.6. The maximum absolute atomic E-state index is 13.6. The van der Waals surface area contributed by atoms with Crippen LogP contribution in [-0.2, 0) is 6.54 Å². The van der Waals surface area contributed by atoms with E-state index in [0.29, 0.717) is 37.3 Å². The predicted octanol–water partition coefficient (Wildman–Crippen LogP) is 2.70. The van der Waals surface area contributed by atoms with E-state index in [1.165, 1.54) is 12.3 Å². The quantitative estimate of drug-likeness (QED) is 0.932. The molecule has 0 radical (unpaired) electrons. The Labute approximate surface area is 138 Å². The molecular weight excluding hydrogens is 318 g/mol. The third-order valence-corrected chi connectivity index (χ3v) is 4.02. The monoisotopic (exact) mass is 336 g/mol. The predicted molar refractivity (Wildman–Crippen MR) is 82.5 cm³/mol. The van der Waals surface area contributed by atoms with E-state index >= 15 is 0 Å². The lowest BCUT2D eigenvalue weighted by molar-refractivity contribution is 0.0587. The summed E-state index contributed by atoms with van der Waals surface area (Å²) in [6, 6.07) is 4.87. The molecule has 2 N–H and O–H groups in total. The zero-order valence-corrected chi connectivity index (χ0v) is 13.0. The normalized spacial score (nSPS) is 15.5. The van der Waals surface area contributed by atoms with Crippen LogP contribution < -0.4 is 10.5 Å². The van der Waals surface area contributed by atoms with Crippen molar-refractivity contribution in [2.24, 2.45) is 5.73 Å². The minimum Gasteiger partial charge on any atom is -0.487 e. The number of hydrogen-bond donors (Lipinski definition) is 1. The number of furan rings is 1. The fraction of sp³-hybridized carbons (Fsp3) is 0.353. The van der Waals surface area contributed by atoms with E-state index in [0.717, 1.165) is 12.1 Å². The van der Waals surface area contributed by atoms with E-state index in [1.807, 2.05) is 0 Å². The molecule has 1 aliphatic rings. The van der Waals surface area contributed by atoms with Crippen LogP contribution in [0.15, 0.2) is 34.9 Å². The molecule has 0 saturated carbocycles. The van der Waals surface area contributed by atoms with E-state index in [9.17, 15) is 13.6 Å². The number of carbonyl (C=O) groups excluding carboxylic acids is 1. The van der Waals surface area contributed by atoms with Gasteiger partial charge in [0.15, 0.2) is 11.6 Å². The van der Waals surface area contributed by atoms with Crippen LogP contribution in [0.5, 0.6) is 5.75 Å². The van der Waals surface area contributed by atoms with Crippen LogP contribution in [0.3, 0.4) is 0 Å². The highest BCUT2D eigenvalue weighted by Crippen LogP contribution is 2.23. The fourth-order valence-electron chi connectivity index (χ4n) is 2.71. The molecule has 0 unspecified atom stereocenters. The molecule has 7 heteroatoms. The molecule has 2 heterocycles. The van der Waals surface area contributed by atoms with Crippen molar-refractivity contribution in [3.8, 4) is 5.75 Å². The van der Waals surface area contributed by atoms with Gasteiger partial charge in [-0.3, -0.25) is 4.79 Å². The number of likely N-dealkylation sites (tertiary alicyclic amines) is 1. The Balaban J connectivity index is 1.56. The van der Waals surface area contributed by atoms with Gasteiger partial charge >= 0.3 is 0 Å². The molecule has 0 spiro atoms. The van der Waals surface area contributed by atoms with Gasteiger partial charge in [0.05, 0.1) is 12.1 Å². The maximum atomic E-state index is 13.6. The first-order valence-electron chi connectivity index (χ1n) is 7.75. The number of rotatable bonds is 4. The van der Waals surface area contributed by atoms with Gasteiger partial charge in [-0.2, -0.15) is 0 Å². The van der Waals surface area contributed by atoms with Gasteiger partial charge in [-0.25, -0.2) is 8.78 Å². The molecular formula is C17H18F2N2O3. The van der Waals surface area contributed by atoms with E-state index in [1.54, 1.807) is 11.0 Å². The molecule has 2 aromatic rings. The van der Waals surface area contributed by atoms with Crippen molar-refractivity contribution >= 4 is 5.91 Å². The van der Waals surface area contributed by atoms with Gasteiger partial charge in [0.25, 0.3) is 5.91 Å². The Bertz CT molecular complexity index is 724. The number of carbonyl (C=O) groups is 1. The van der Waals surface area contributed by atoms with Crippen LogP contribution in [0.2, 0.25) is 0 Å². The summed E-state index contributed by atoms with van der Waals surface area (Å²) in [6.07, 6.45) is 2.34. The summed E-state index contributed by atoms with van der Waals surface area (Å²) >= 11 is 0. The Morgan fingerprint density at radius 1 is 1.29 bits per heavy atom. The summed E-state index contributed by atoms with van der Waals surface area (Å²) in [4.78, 5) is 14.1. The average Bonchev–Trinajstić information content (AvgIpc) is 3.06. The smallest absolute Gasteiger partial charge is 0.257 e. The fourth-order valence-corrected chi connectivity index (χ4v) is 2.71. The van der Waals surface area contributed by atoms with Crippen molar-refractivity contribution < 1.29 is 22.7 Å². The molecule has 128 valence electrons. The van der Waals surface area contributed by atoms with E-state index in [2.05, 4.69) is 0 Å². The van der Waals surface area contributed by atoms with Crippen LogP contribution >= 0.6 is 0 Å². The van der Waals surface area contributed by atoms with Crippen LogP contribution in [0.4, 0.5) is 8.78 Å². The Kier molecular flexibility index (Phi) is 4.80. The largest absolute Gasteiger partial charge is 0.487 e.